The first-order valence-corrected chi connectivity index (χ1v) is 7.22. The molecule has 0 aliphatic rings. The van der Waals surface area contributed by atoms with Gasteiger partial charge in [0.15, 0.2) is 6.61 Å². The van der Waals surface area contributed by atoms with Crippen molar-refractivity contribution in [3.8, 4) is 0 Å². The standard InChI is InChI=1S/C15H11BrN2O5/c16-10-5-7-11(8-6-10)17-14(19)9-23-15(20)12-3-1-2-4-13(12)18(21)22/h1-8H,9H2,(H,17,19). The Hall–Kier alpha value is -2.74. The molecule has 7 nitrogen and oxygen atoms in total. The first-order chi connectivity index (χ1) is 11.0. The van der Waals surface area contributed by atoms with Crippen molar-refractivity contribution in [2.24, 2.45) is 0 Å². The number of rotatable bonds is 5. The maximum absolute atomic E-state index is 11.9. The number of hydrogen-bond acceptors (Lipinski definition) is 5. The lowest BCUT2D eigenvalue weighted by Crippen LogP contribution is -2.21. The first kappa shape index (κ1) is 16.6. The van der Waals surface area contributed by atoms with E-state index in [9.17, 15) is 19.7 Å². The molecular formula is C15H11BrN2O5. The van der Waals surface area contributed by atoms with Gasteiger partial charge < -0.3 is 10.1 Å². The molecule has 0 saturated heterocycles. The van der Waals surface area contributed by atoms with Crippen LogP contribution < -0.4 is 5.32 Å². The van der Waals surface area contributed by atoms with Crippen molar-refractivity contribution in [2.75, 3.05) is 11.9 Å². The molecule has 118 valence electrons. The summed E-state index contributed by atoms with van der Waals surface area (Å²) in [6, 6.07) is 12.2. The number of halogens is 1. The van der Waals surface area contributed by atoms with E-state index in [-0.39, 0.29) is 11.3 Å². The lowest BCUT2D eigenvalue weighted by Gasteiger charge is -2.07. The van der Waals surface area contributed by atoms with Crippen molar-refractivity contribution >= 4 is 39.2 Å². The summed E-state index contributed by atoms with van der Waals surface area (Å²) in [5, 5.41) is 13.4. The van der Waals surface area contributed by atoms with E-state index in [1.807, 2.05) is 0 Å². The Morgan fingerprint density at radius 2 is 1.78 bits per heavy atom. The van der Waals surface area contributed by atoms with Gasteiger partial charge in [-0.25, -0.2) is 4.79 Å². The molecule has 1 amide bonds. The topological polar surface area (TPSA) is 98.5 Å². The van der Waals surface area contributed by atoms with E-state index in [0.717, 1.165) is 4.47 Å². The third-order valence-corrected chi connectivity index (χ3v) is 3.31. The molecule has 2 aromatic rings. The Balaban J connectivity index is 1.95. The predicted octanol–water partition coefficient (Wildman–Crippen LogP) is 3.15. The number of carbonyl (C=O) groups excluding carboxylic acids is 2. The number of ether oxygens (including phenoxy) is 1. The fourth-order valence-corrected chi connectivity index (χ4v) is 2.01. The van der Waals surface area contributed by atoms with Gasteiger partial charge in [-0.2, -0.15) is 0 Å². The van der Waals surface area contributed by atoms with Gasteiger partial charge in [-0.3, -0.25) is 14.9 Å². The second-order valence-electron chi connectivity index (χ2n) is 4.41. The van der Waals surface area contributed by atoms with Crippen molar-refractivity contribution < 1.29 is 19.2 Å². The molecule has 0 atom stereocenters. The van der Waals surface area contributed by atoms with Crippen LogP contribution in [0.5, 0.6) is 0 Å². The molecule has 2 aromatic carbocycles. The number of nitro groups is 1. The van der Waals surface area contributed by atoms with E-state index >= 15 is 0 Å². The smallest absolute Gasteiger partial charge is 0.345 e. The molecule has 0 aromatic heterocycles. The molecule has 0 spiro atoms. The van der Waals surface area contributed by atoms with Gasteiger partial charge in [-0.1, -0.05) is 28.1 Å². The zero-order valence-electron chi connectivity index (χ0n) is 11.7. The van der Waals surface area contributed by atoms with Gasteiger partial charge in [0.05, 0.1) is 4.92 Å². The number of esters is 1. The summed E-state index contributed by atoms with van der Waals surface area (Å²) in [6.07, 6.45) is 0. The van der Waals surface area contributed by atoms with Crippen molar-refractivity contribution in [2.45, 2.75) is 0 Å². The van der Waals surface area contributed by atoms with E-state index in [1.165, 1.54) is 24.3 Å². The monoisotopic (exact) mass is 378 g/mol. The third-order valence-electron chi connectivity index (χ3n) is 2.78. The molecule has 2 rings (SSSR count). The van der Waals surface area contributed by atoms with Crippen LogP contribution in [0.2, 0.25) is 0 Å². The van der Waals surface area contributed by atoms with Gasteiger partial charge in [-0.15, -0.1) is 0 Å². The summed E-state index contributed by atoms with van der Waals surface area (Å²) in [4.78, 5) is 33.7. The van der Waals surface area contributed by atoms with Gasteiger partial charge >= 0.3 is 5.97 Å². The maximum atomic E-state index is 11.9. The molecule has 0 aliphatic heterocycles. The van der Waals surface area contributed by atoms with Crippen LogP contribution in [-0.4, -0.2) is 23.4 Å². The van der Waals surface area contributed by atoms with E-state index in [2.05, 4.69) is 21.2 Å². The van der Waals surface area contributed by atoms with Crippen molar-refractivity contribution in [3.05, 3.63) is 68.7 Å². The summed E-state index contributed by atoms with van der Waals surface area (Å²) in [7, 11) is 0. The van der Waals surface area contributed by atoms with Crippen LogP contribution in [0.4, 0.5) is 11.4 Å². The van der Waals surface area contributed by atoms with Crippen LogP contribution in [0.15, 0.2) is 53.0 Å². The number of nitro benzene ring substituents is 1. The van der Waals surface area contributed by atoms with Crippen LogP contribution in [-0.2, 0) is 9.53 Å². The van der Waals surface area contributed by atoms with Gasteiger partial charge in [-0.05, 0) is 30.3 Å². The highest BCUT2D eigenvalue weighted by molar-refractivity contribution is 9.10. The number of para-hydroxylation sites is 1. The average Bonchev–Trinajstić information content (AvgIpc) is 2.54. The molecule has 8 heteroatoms. The van der Waals surface area contributed by atoms with Gasteiger partial charge in [0.25, 0.3) is 11.6 Å². The molecule has 1 N–H and O–H groups in total. The molecule has 0 radical (unpaired) electrons. The van der Waals surface area contributed by atoms with Crippen LogP contribution in [0, 0.1) is 10.1 Å². The fraction of sp³-hybridized carbons (Fsp3) is 0.0667. The normalized spacial score (nSPS) is 9.96. The number of nitrogens with one attached hydrogen (secondary N) is 1. The number of benzene rings is 2. The maximum Gasteiger partial charge on any atom is 0.345 e. The van der Waals surface area contributed by atoms with Crippen LogP contribution in [0.25, 0.3) is 0 Å². The summed E-state index contributed by atoms with van der Waals surface area (Å²) in [5.41, 5.74) is -0.0281. The molecule has 0 bridgehead atoms. The molecule has 0 fully saturated rings. The van der Waals surface area contributed by atoms with Crippen LogP contribution in [0.3, 0.4) is 0 Å². The number of anilines is 1. The number of hydrogen-bond donors (Lipinski definition) is 1. The zero-order valence-corrected chi connectivity index (χ0v) is 13.3. The quantitative estimate of drug-likeness (QED) is 0.489. The Bertz CT molecular complexity index is 746. The fourth-order valence-electron chi connectivity index (χ4n) is 1.74. The zero-order chi connectivity index (χ0) is 16.8. The van der Waals surface area contributed by atoms with E-state index in [4.69, 9.17) is 4.74 Å². The third kappa shape index (κ3) is 4.62. The van der Waals surface area contributed by atoms with Crippen molar-refractivity contribution in [3.63, 3.8) is 0 Å². The van der Waals surface area contributed by atoms with Gasteiger partial charge in [0.2, 0.25) is 0 Å². The highest BCUT2D eigenvalue weighted by Gasteiger charge is 2.21. The summed E-state index contributed by atoms with van der Waals surface area (Å²) >= 11 is 3.27. The number of amides is 1. The summed E-state index contributed by atoms with van der Waals surface area (Å²) in [6.45, 7) is -0.541. The molecule has 0 unspecified atom stereocenters. The largest absolute Gasteiger partial charge is 0.452 e. The first-order valence-electron chi connectivity index (χ1n) is 6.43. The minimum atomic E-state index is -0.928. The molecule has 0 saturated carbocycles. The lowest BCUT2D eigenvalue weighted by atomic mass is 10.2. The lowest BCUT2D eigenvalue weighted by molar-refractivity contribution is -0.385. The van der Waals surface area contributed by atoms with Gasteiger partial charge in [0.1, 0.15) is 5.56 Å². The Morgan fingerprint density at radius 3 is 2.43 bits per heavy atom. The Morgan fingerprint density at radius 1 is 1.13 bits per heavy atom. The molecule has 0 heterocycles. The highest BCUT2D eigenvalue weighted by Crippen LogP contribution is 2.18. The van der Waals surface area contributed by atoms with E-state index in [0.29, 0.717) is 5.69 Å². The Kier molecular flexibility index (Phi) is 5.42. The Labute approximate surface area is 139 Å². The SMILES string of the molecule is O=C(COC(=O)c1ccccc1[N+](=O)[O-])Nc1ccc(Br)cc1. The second-order valence-corrected chi connectivity index (χ2v) is 5.32. The van der Waals surface area contributed by atoms with Crippen molar-refractivity contribution in [1.82, 2.24) is 0 Å². The predicted molar refractivity (Wildman–Crippen MR) is 86.2 cm³/mol. The van der Waals surface area contributed by atoms with Crippen molar-refractivity contribution in [1.29, 1.82) is 0 Å². The summed E-state index contributed by atoms with van der Waals surface area (Å²) in [5.74, 6) is -1.47. The molecule has 23 heavy (non-hydrogen) atoms. The number of carbonyl (C=O) groups is 2. The van der Waals surface area contributed by atoms with Crippen LogP contribution >= 0.6 is 15.9 Å². The average molecular weight is 379 g/mol. The second kappa shape index (κ2) is 7.50. The minimum absolute atomic E-state index is 0.200. The van der Waals surface area contributed by atoms with Crippen LogP contribution in [0.1, 0.15) is 10.4 Å². The summed E-state index contributed by atoms with van der Waals surface area (Å²) < 4.78 is 5.67. The number of nitrogens with zero attached hydrogens (tertiary/aromatic N) is 1. The van der Waals surface area contributed by atoms with Gasteiger partial charge in [0, 0.05) is 16.2 Å². The van der Waals surface area contributed by atoms with E-state index < -0.39 is 23.4 Å². The molecule has 0 aliphatic carbocycles. The highest BCUT2D eigenvalue weighted by atomic mass is 79.9. The minimum Gasteiger partial charge on any atom is -0.452 e. The van der Waals surface area contributed by atoms with E-state index in [1.54, 1.807) is 24.3 Å². The molecular weight excluding hydrogens is 368 g/mol.